The van der Waals surface area contributed by atoms with E-state index in [1.807, 2.05) is 0 Å². The Labute approximate surface area is 317 Å². The number of ether oxygens (including phenoxy) is 2. The Kier molecular flexibility index (Phi) is 31.4. The van der Waals surface area contributed by atoms with Crippen LogP contribution in [0, 0.1) is 0 Å². The van der Waals surface area contributed by atoms with Crippen molar-refractivity contribution in [3.8, 4) is 0 Å². The van der Waals surface area contributed by atoms with Crippen LogP contribution in [-0.2, 0) is 9.47 Å². The number of rotatable bonds is 35. The van der Waals surface area contributed by atoms with E-state index in [0.717, 1.165) is 44.9 Å². The highest BCUT2D eigenvalue weighted by Crippen LogP contribution is 2.23. The number of urea groups is 1. The minimum absolute atomic E-state index is 0.342. The van der Waals surface area contributed by atoms with Crippen LogP contribution >= 0.6 is 0 Å². The summed E-state index contributed by atoms with van der Waals surface area (Å²) in [5.74, 6) is 0. The zero-order valence-electron chi connectivity index (χ0n) is 33.2. The summed E-state index contributed by atoms with van der Waals surface area (Å²) in [6.45, 7) is 4.02. The topological polar surface area (TPSA) is 181 Å². The molecular weight excluding hydrogens is 664 g/mol. The number of amides is 2. The monoisotopic (exact) mass is 747 g/mol. The second-order valence-electron chi connectivity index (χ2n) is 15.4. The van der Waals surface area contributed by atoms with Gasteiger partial charge in [-0.2, -0.15) is 0 Å². The third-order valence-electron chi connectivity index (χ3n) is 10.6. The fourth-order valence-corrected chi connectivity index (χ4v) is 7.00. The molecule has 1 aliphatic heterocycles. The molecule has 8 atom stereocenters. The number of aliphatic hydroxyl groups is 6. The van der Waals surface area contributed by atoms with E-state index in [9.17, 15) is 35.4 Å². The third-order valence-corrected chi connectivity index (χ3v) is 10.6. The van der Waals surface area contributed by atoms with E-state index in [2.05, 4.69) is 24.5 Å². The van der Waals surface area contributed by atoms with Gasteiger partial charge in [-0.15, -0.1) is 0 Å². The lowest BCUT2D eigenvalue weighted by Crippen LogP contribution is -2.60. The molecule has 1 saturated heterocycles. The highest BCUT2D eigenvalue weighted by Gasteiger charge is 2.44. The number of unbranched alkanes of at least 4 members (excludes halogenated alkanes) is 24. The van der Waals surface area contributed by atoms with Crippen LogP contribution in [-0.4, -0.2) is 105 Å². The van der Waals surface area contributed by atoms with Crippen LogP contribution in [0.2, 0.25) is 0 Å². The standard InChI is InChI=1S/C41H82N2O9/c1-3-5-7-9-11-13-15-17-18-20-22-24-26-28-30-42-41(50)43-33(32-51-40-39(49)38(48)37(47)35(31-44)52-40)36(46)34(45)29-27-25-23-21-19-16-14-12-10-8-6-4-2/h33-40,44-49H,3-32H2,1-2H3,(H2,42,43,50)/t33-,34+,35+,36-,37-,38-,39+,40-/m0/s1. The predicted octanol–water partition coefficient (Wildman–Crippen LogP) is 6.77. The van der Waals surface area contributed by atoms with E-state index in [0.29, 0.717) is 13.0 Å². The summed E-state index contributed by atoms with van der Waals surface area (Å²) in [6.07, 6.45) is 22.3. The van der Waals surface area contributed by atoms with Gasteiger partial charge in [0.15, 0.2) is 6.29 Å². The molecule has 0 aromatic heterocycles. The molecule has 0 spiro atoms. The highest BCUT2D eigenvalue weighted by atomic mass is 16.7. The van der Waals surface area contributed by atoms with Gasteiger partial charge in [0.1, 0.15) is 30.5 Å². The molecule has 1 heterocycles. The van der Waals surface area contributed by atoms with Gasteiger partial charge in [0.2, 0.25) is 0 Å². The Morgan fingerprint density at radius 3 is 1.48 bits per heavy atom. The fraction of sp³-hybridized carbons (Fsp3) is 0.976. The van der Waals surface area contributed by atoms with Crippen LogP contribution in [0.25, 0.3) is 0 Å². The van der Waals surface area contributed by atoms with Crippen molar-refractivity contribution in [2.24, 2.45) is 0 Å². The van der Waals surface area contributed by atoms with E-state index < -0.39 is 61.6 Å². The van der Waals surface area contributed by atoms with E-state index in [-0.39, 0.29) is 6.61 Å². The molecule has 0 radical (unpaired) electrons. The van der Waals surface area contributed by atoms with Crippen molar-refractivity contribution in [2.75, 3.05) is 19.8 Å². The van der Waals surface area contributed by atoms with Gasteiger partial charge in [-0.1, -0.05) is 174 Å². The molecule has 0 aromatic rings. The van der Waals surface area contributed by atoms with Crippen LogP contribution in [0.4, 0.5) is 4.79 Å². The Bertz CT molecular complexity index is 808. The lowest BCUT2D eigenvalue weighted by molar-refractivity contribution is -0.303. The fourth-order valence-electron chi connectivity index (χ4n) is 7.00. The molecule has 0 saturated carbocycles. The first-order valence-corrected chi connectivity index (χ1v) is 21.6. The number of carbonyl (C=O) groups excluding carboxylic acids is 1. The van der Waals surface area contributed by atoms with E-state index in [1.54, 1.807) is 0 Å². The molecule has 11 nitrogen and oxygen atoms in total. The van der Waals surface area contributed by atoms with Crippen molar-refractivity contribution < 1.29 is 44.9 Å². The minimum atomic E-state index is -1.62. The molecule has 1 aliphatic rings. The molecule has 2 amide bonds. The van der Waals surface area contributed by atoms with Gasteiger partial charge in [0.05, 0.1) is 25.4 Å². The Morgan fingerprint density at radius 2 is 1.04 bits per heavy atom. The molecule has 0 unspecified atom stereocenters. The first-order valence-electron chi connectivity index (χ1n) is 21.6. The smallest absolute Gasteiger partial charge is 0.315 e. The summed E-state index contributed by atoms with van der Waals surface area (Å²) >= 11 is 0. The largest absolute Gasteiger partial charge is 0.394 e. The van der Waals surface area contributed by atoms with Gasteiger partial charge in [0, 0.05) is 6.54 Å². The minimum Gasteiger partial charge on any atom is -0.394 e. The maximum atomic E-state index is 12.8. The van der Waals surface area contributed by atoms with E-state index in [1.165, 1.54) is 122 Å². The van der Waals surface area contributed by atoms with Crippen molar-refractivity contribution in [1.29, 1.82) is 0 Å². The molecule has 0 aromatic carbocycles. The van der Waals surface area contributed by atoms with E-state index in [4.69, 9.17) is 9.47 Å². The van der Waals surface area contributed by atoms with Crippen LogP contribution in [0.15, 0.2) is 0 Å². The average molecular weight is 747 g/mol. The summed E-state index contributed by atoms with van der Waals surface area (Å²) in [5.41, 5.74) is 0. The highest BCUT2D eigenvalue weighted by molar-refractivity contribution is 5.74. The molecule has 1 rings (SSSR count). The zero-order valence-corrected chi connectivity index (χ0v) is 33.2. The van der Waals surface area contributed by atoms with Crippen molar-refractivity contribution in [1.82, 2.24) is 10.6 Å². The summed E-state index contributed by atoms with van der Waals surface area (Å²) < 4.78 is 11.1. The summed E-state index contributed by atoms with van der Waals surface area (Å²) in [7, 11) is 0. The quantitative estimate of drug-likeness (QED) is 0.0325. The number of aliphatic hydroxyl groups excluding tert-OH is 6. The maximum Gasteiger partial charge on any atom is 0.315 e. The summed E-state index contributed by atoms with van der Waals surface area (Å²) in [4.78, 5) is 12.8. The molecule has 1 fully saturated rings. The lowest BCUT2D eigenvalue weighted by Gasteiger charge is -2.40. The van der Waals surface area contributed by atoms with Gasteiger partial charge < -0.3 is 50.7 Å². The Hall–Kier alpha value is -1.05. The van der Waals surface area contributed by atoms with Crippen molar-refractivity contribution in [2.45, 2.75) is 236 Å². The molecular formula is C41H82N2O9. The van der Waals surface area contributed by atoms with Crippen molar-refractivity contribution >= 4 is 6.03 Å². The first kappa shape index (κ1) is 49.0. The van der Waals surface area contributed by atoms with E-state index >= 15 is 0 Å². The van der Waals surface area contributed by atoms with Crippen LogP contribution in [0.5, 0.6) is 0 Å². The molecule has 0 aliphatic carbocycles. The molecule has 8 N–H and O–H groups in total. The SMILES string of the molecule is CCCCCCCCCCCCCCCCNC(=O)N[C@@H](CO[C@H]1O[C@H](CO)[C@H](O)[C@H](O)[C@H]1O)[C@H](O)[C@H](O)CCCCCCCCCCCCCC. The number of hydrogen-bond donors (Lipinski definition) is 8. The predicted molar refractivity (Wildman–Crippen MR) is 208 cm³/mol. The first-order chi connectivity index (χ1) is 25.3. The Balaban J connectivity index is 2.42. The van der Waals surface area contributed by atoms with Crippen LogP contribution in [0.1, 0.15) is 187 Å². The lowest BCUT2D eigenvalue weighted by atomic mass is 9.98. The number of hydrogen-bond acceptors (Lipinski definition) is 9. The second kappa shape index (κ2) is 33.3. The summed E-state index contributed by atoms with van der Waals surface area (Å²) in [5, 5.41) is 67.6. The summed E-state index contributed by atoms with van der Waals surface area (Å²) in [6, 6.07) is -1.55. The van der Waals surface area contributed by atoms with Gasteiger partial charge in [0.25, 0.3) is 0 Å². The van der Waals surface area contributed by atoms with Gasteiger partial charge in [-0.25, -0.2) is 4.79 Å². The molecule has 310 valence electrons. The molecule has 0 bridgehead atoms. The van der Waals surface area contributed by atoms with Gasteiger partial charge in [-0.05, 0) is 12.8 Å². The third kappa shape index (κ3) is 23.7. The molecule has 11 heteroatoms. The molecule has 52 heavy (non-hydrogen) atoms. The zero-order chi connectivity index (χ0) is 38.2. The second-order valence-corrected chi connectivity index (χ2v) is 15.4. The van der Waals surface area contributed by atoms with Crippen molar-refractivity contribution in [3.63, 3.8) is 0 Å². The number of nitrogens with one attached hydrogen (secondary N) is 2. The van der Waals surface area contributed by atoms with Gasteiger partial charge >= 0.3 is 6.03 Å². The normalized spacial score (nSPS) is 22.3. The van der Waals surface area contributed by atoms with Crippen LogP contribution in [0.3, 0.4) is 0 Å². The van der Waals surface area contributed by atoms with Gasteiger partial charge in [-0.3, -0.25) is 0 Å². The van der Waals surface area contributed by atoms with Crippen LogP contribution < -0.4 is 10.6 Å². The number of carbonyl (C=O) groups is 1. The maximum absolute atomic E-state index is 12.8. The Morgan fingerprint density at radius 1 is 0.615 bits per heavy atom. The average Bonchev–Trinajstić information content (AvgIpc) is 3.14. The van der Waals surface area contributed by atoms with Crippen molar-refractivity contribution in [3.05, 3.63) is 0 Å².